The molecule has 3 aromatic rings. The van der Waals surface area contributed by atoms with Gasteiger partial charge >= 0.3 is 0 Å². The lowest BCUT2D eigenvalue weighted by Gasteiger charge is -2.06. The molecule has 0 aliphatic heterocycles. The normalized spacial score (nSPS) is 11.0. The molecule has 0 atom stereocenters. The number of rotatable bonds is 1. The van der Waals surface area contributed by atoms with Crippen molar-refractivity contribution >= 4 is 31.5 Å². The Morgan fingerprint density at radius 2 is 1.89 bits per heavy atom. The Morgan fingerprint density at radius 3 is 2.67 bits per heavy atom. The van der Waals surface area contributed by atoms with Crippen molar-refractivity contribution in [1.82, 2.24) is 0 Å². The van der Waals surface area contributed by atoms with Crippen LogP contribution in [-0.4, -0.2) is 7.11 Å². The summed E-state index contributed by atoms with van der Waals surface area (Å²) < 4.78 is 7.26. The average molecular weight is 256 g/mol. The first kappa shape index (κ1) is 11.2. The molecular weight excluding hydrogens is 244 g/mol. The van der Waals surface area contributed by atoms with Gasteiger partial charge in [-0.1, -0.05) is 12.1 Å². The van der Waals surface area contributed by atoms with Gasteiger partial charge in [-0.3, -0.25) is 4.79 Å². The van der Waals surface area contributed by atoms with Gasteiger partial charge in [0, 0.05) is 20.2 Å². The Bertz CT molecular complexity index is 803. The molecule has 0 bridgehead atoms. The number of hydrogen-bond donors (Lipinski definition) is 0. The molecule has 2 aromatic carbocycles. The second kappa shape index (κ2) is 4.10. The van der Waals surface area contributed by atoms with Crippen LogP contribution in [0.1, 0.15) is 5.56 Å². The fourth-order valence-electron chi connectivity index (χ4n) is 2.21. The second-order valence-electron chi connectivity index (χ2n) is 4.24. The van der Waals surface area contributed by atoms with Crippen LogP contribution < -0.4 is 10.2 Å². The van der Waals surface area contributed by atoms with Crippen LogP contribution in [0.25, 0.3) is 20.2 Å². The summed E-state index contributed by atoms with van der Waals surface area (Å²) >= 11 is 1.63. The maximum absolute atomic E-state index is 12.5. The van der Waals surface area contributed by atoms with E-state index in [4.69, 9.17) is 4.74 Å². The molecule has 0 amide bonds. The molecule has 0 unspecified atom stereocenters. The van der Waals surface area contributed by atoms with E-state index in [0.717, 1.165) is 31.5 Å². The Morgan fingerprint density at radius 1 is 1.11 bits per heavy atom. The summed E-state index contributed by atoms with van der Waals surface area (Å²) in [5, 5.41) is 1.60. The third-order valence-corrected chi connectivity index (χ3v) is 4.21. The van der Waals surface area contributed by atoms with Crippen LogP contribution in [0.4, 0.5) is 0 Å². The van der Waals surface area contributed by atoms with Crippen LogP contribution in [0, 0.1) is 6.92 Å². The quantitative estimate of drug-likeness (QED) is 0.620. The number of methoxy groups -OCH3 is 1. The lowest BCUT2D eigenvalue weighted by atomic mass is 10.1. The smallest absolute Gasteiger partial charge is 0.196 e. The van der Waals surface area contributed by atoms with E-state index < -0.39 is 0 Å². The van der Waals surface area contributed by atoms with Gasteiger partial charge in [0.2, 0.25) is 0 Å². The number of ether oxygens (including phenoxy) is 1. The number of hydrogen-bond acceptors (Lipinski definition) is 3. The van der Waals surface area contributed by atoms with E-state index in [1.54, 1.807) is 18.4 Å². The van der Waals surface area contributed by atoms with Crippen molar-refractivity contribution in [1.29, 1.82) is 0 Å². The summed E-state index contributed by atoms with van der Waals surface area (Å²) in [5.74, 6) is 0.797. The first-order valence-corrected chi connectivity index (χ1v) is 6.52. The summed E-state index contributed by atoms with van der Waals surface area (Å²) in [4.78, 5) is 12.5. The van der Waals surface area contributed by atoms with Crippen LogP contribution >= 0.6 is 11.3 Å². The summed E-state index contributed by atoms with van der Waals surface area (Å²) in [6.45, 7) is 1.95. The van der Waals surface area contributed by atoms with Crippen LogP contribution in [0.3, 0.4) is 0 Å². The monoisotopic (exact) mass is 256 g/mol. The summed E-state index contributed by atoms with van der Waals surface area (Å²) in [6, 6.07) is 11.6. The van der Waals surface area contributed by atoms with E-state index >= 15 is 0 Å². The predicted molar refractivity (Wildman–Crippen MR) is 76.9 cm³/mol. The molecule has 0 N–H and O–H groups in total. The van der Waals surface area contributed by atoms with E-state index in [1.165, 1.54) is 0 Å². The maximum atomic E-state index is 12.5. The summed E-state index contributed by atoms with van der Waals surface area (Å²) in [6.07, 6.45) is 0. The van der Waals surface area contributed by atoms with Gasteiger partial charge in [-0.05, 0) is 36.8 Å². The zero-order valence-corrected chi connectivity index (χ0v) is 11.0. The Labute approximate surface area is 108 Å². The number of fused-ring (bicyclic) bond motifs is 2. The van der Waals surface area contributed by atoms with Crippen LogP contribution in [0.2, 0.25) is 0 Å². The second-order valence-corrected chi connectivity index (χ2v) is 5.33. The van der Waals surface area contributed by atoms with Crippen LogP contribution in [0.15, 0.2) is 41.2 Å². The molecule has 1 aromatic heterocycles. The van der Waals surface area contributed by atoms with Gasteiger partial charge in [-0.2, -0.15) is 0 Å². The lowest BCUT2D eigenvalue weighted by Crippen LogP contribution is -2.02. The van der Waals surface area contributed by atoms with Crippen molar-refractivity contribution in [2.75, 3.05) is 7.11 Å². The first-order chi connectivity index (χ1) is 8.70. The zero-order chi connectivity index (χ0) is 12.7. The minimum absolute atomic E-state index is 0.111. The Balaban J connectivity index is 2.56. The van der Waals surface area contributed by atoms with Crippen molar-refractivity contribution < 1.29 is 4.74 Å². The standard InChI is InChI=1S/C15H12O2S/c1-9-7-10(17-2)8-13-14(9)15(16)11-5-3-4-6-12(11)18-13/h3-8H,1-2H3. The summed E-state index contributed by atoms with van der Waals surface area (Å²) in [5.41, 5.74) is 1.08. The fraction of sp³-hybridized carbons (Fsp3) is 0.133. The van der Waals surface area contributed by atoms with Gasteiger partial charge in [0.05, 0.1) is 7.11 Å². The number of aryl methyl sites for hydroxylation is 1. The van der Waals surface area contributed by atoms with Crippen molar-refractivity contribution in [2.45, 2.75) is 6.92 Å². The molecule has 0 fully saturated rings. The van der Waals surface area contributed by atoms with Gasteiger partial charge in [0.15, 0.2) is 5.43 Å². The molecule has 1 heterocycles. The SMILES string of the molecule is COc1cc(C)c2c(=O)c3ccccc3sc2c1. The van der Waals surface area contributed by atoms with E-state index in [-0.39, 0.29) is 5.43 Å². The third-order valence-electron chi connectivity index (χ3n) is 3.09. The predicted octanol–water partition coefficient (Wildman–Crippen LogP) is 3.73. The summed E-state index contributed by atoms with van der Waals surface area (Å²) in [7, 11) is 1.64. The van der Waals surface area contributed by atoms with Crippen molar-refractivity contribution in [3.05, 3.63) is 52.2 Å². The zero-order valence-electron chi connectivity index (χ0n) is 10.2. The first-order valence-electron chi connectivity index (χ1n) is 5.71. The van der Waals surface area contributed by atoms with E-state index in [1.807, 2.05) is 43.3 Å². The number of benzene rings is 2. The van der Waals surface area contributed by atoms with Gasteiger partial charge < -0.3 is 4.74 Å². The Hall–Kier alpha value is -1.87. The van der Waals surface area contributed by atoms with Gasteiger partial charge in [-0.25, -0.2) is 0 Å². The third kappa shape index (κ3) is 1.59. The molecule has 18 heavy (non-hydrogen) atoms. The van der Waals surface area contributed by atoms with Crippen molar-refractivity contribution in [3.8, 4) is 5.75 Å². The molecule has 0 radical (unpaired) electrons. The molecule has 3 heteroatoms. The van der Waals surface area contributed by atoms with Gasteiger partial charge in [0.1, 0.15) is 5.75 Å². The minimum Gasteiger partial charge on any atom is -0.497 e. The van der Waals surface area contributed by atoms with Crippen molar-refractivity contribution in [3.63, 3.8) is 0 Å². The highest BCUT2D eigenvalue weighted by molar-refractivity contribution is 7.24. The van der Waals surface area contributed by atoms with Gasteiger partial charge in [-0.15, -0.1) is 11.3 Å². The molecule has 0 saturated heterocycles. The molecule has 90 valence electrons. The van der Waals surface area contributed by atoms with Crippen LogP contribution in [0.5, 0.6) is 5.75 Å². The molecule has 0 saturated carbocycles. The van der Waals surface area contributed by atoms with E-state index in [9.17, 15) is 4.79 Å². The maximum Gasteiger partial charge on any atom is 0.196 e. The minimum atomic E-state index is 0.111. The molecule has 0 aliphatic rings. The highest BCUT2D eigenvalue weighted by Crippen LogP contribution is 2.29. The molecular formula is C15H12O2S. The molecule has 2 nitrogen and oxygen atoms in total. The molecule has 3 rings (SSSR count). The average Bonchev–Trinajstić information content (AvgIpc) is 2.38. The lowest BCUT2D eigenvalue weighted by molar-refractivity contribution is 0.415. The van der Waals surface area contributed by atoms with Gasteiger partial charge in [0.25, 0.3) is 0 Å². The highest BCUT2D eigenvalue weighted by Gasteiger charge is 2.09. The molecule has 0 aliphatic carbocycles. The van der Waals surface area contributed by atoms with E-state index in [0.29, 0.717) is 0 Å². The molecule has 0 spiro atoms. The fourth-order valence-corrected chi connectivity index (χ4v) is 3.39. The van der Waals surface area contributed by atoms with Crippen LogP contribution in [-0.2, 0) is 0 Å². The Kier molecular flexibility index (Phi) is 2.56. The van der Waals surface area contributed by atoms with Crippen molar-refractivity contribution in [2.24, 2.45) is 0 Å². The highest BCUT2D eigenvalue weighted by atomic mass is 32.1. The largest absolute Gasteiger partial charge is 0.497 e. The topological polar surface area (TPSA) is 26.3 Å². The van der Waals surface area contributed by atoms with E-state index in [2.05, 4.69) is 0 Å².